The molecule has 206 valence electrons. The molecule has 0 aliphatic carbocycles. The number of furan rings is 1. The van der Waals surface area contributed by atoms with E-state index in [4.69, 9.17) is 19.4 Å². The van der Waals surface area contributed by atoms with Gasteiger partial charge in [0.25, 0.3) is 0 Å². The molecule has 0 aliphatic heterocycles. The van der Waals surface area contributed by atoms with E-state index in [1.165, 1.54) is 31.3 Å². The Morgan fingerprint density at radius 2 is 1.09 bits per heavy atom. The van der Waals surface area contributed by atoms with Gasteiger partial charge in [-0.1, -0.05) is 103 Å². The van der Waals surface area contributed by atoms with Crippen LogP contribution in [-0.2, 0) is 0 Å². The van der Waals surface area contributed by atoms with Crippen LogP contribution in [0.1, 0.15) is 0 Å². The molecule has 0 radical (unpaired) electrons. The average molecular weight is 582 g/mol. The second-order valence-electron chi connectivity index (χ2n) is 10.8. The molecule has 0 atom stereocenters. The van der Waals surface area contributed by atoms with Crippen molar-refractivity contribution in [2.75, 3.05) is 0 Å². The smallest absolute Gasteiger partial charge is 0.167 e. The Kier molecular flexibility index (Phi) is 5.64. The van der Waals surface area contributed by atoms with E-state index in [1.807, 2.05) is 72.0 Å². The maximum atomic E-state index is 6.37. The van der Waals surface area contributed by atoms with E-state index in [1.54, 1.807) is 0 Å². The van der Waals surface area contributed by atoms with Gasteiger partial charge < -0.3 is 4.42 Å². The molecule has 0 fully saturated rings. The first-order valence-electron chi connectivity index (χ1n) is 14.5. The molecular weight excluding hydrogens is 559 g/mol. The van der Waals surface area contributed by atoms with Crippen molar-refractivity contribution in [1.29, 1.82) is 0 Å². The van der Waals surface area contributed by atoms with Crippen molar-refractivity contribution in [1.82, 2.24) is 15.0 Å². The quantitative estimate of drug-likeness (QED) is 0.207. The van der Waals surface area contributed by atoms with Crippen molar-refractivity contribution in [3.05, 3.63) is 140 Å². The van der Waals surface area contributed by atoms with Gasteiger partial charge in [-0.2, -0.15) is 0 Å². The first-order chi connectivity index (χ1) is 21.8. The largest absolute Gasteiger partial charge is 0.455 e. The summed E-state index contributed by atoms with van der Waals surface area (Å²) in [5, 5.41) is 4.55. The average Bonchev–Trinajstić information content (AvgIpc) is 3.66. The highest BCUT2D eigenvalue weighted by atomic mass is 32.1. The Hall–Kier alpha value is -5.65. The van der Waals surface area contributed by atoms with Crippen molar-refractivity contribution < 1.29 is 4.42 Å². The first-order valence-corrected chi connectivity index (χ1v) is 15.3. The molecule has 4 nitrogen and oxygen atoms in total. The Balaban J connectivity index is 1.23. The van der Waals surface area contributed by atoms with Gasteiger partial charge >= 0.3 is 0 Å². The second-order valence-corrected chi connectivity index (χ2v) is 11.9. The lowest BCUT2D eigenvalue weighted by molar-refractivity contribution is 0.669. The van der Waals surface area contributed by atoms with Crippen molar-refractivity contribution in [2.24, 2.45) is 0 Å². The molecule has 0 saturated carbocycles. The van der Waals surface area contributed by atoms with Gasteiger partial charge in [0.1, 0.15) is 11.2 Å². The molecule has 3 aromatic heterocycles. The first kappa shape index (κ1) is 24.9. The fourth-order valence-corrected chi connectivity index (χ4v) is 7.12. The molecule has 0 N–H and O–H groups in total. The van der Waals surface area contributed by atoms with Crippen LogP contribution < -0.4 is 0 Å². The number of aromatic nitrogens is 3. The summed E-state index contributed by atoms with van der Waals surface area (Å²) in [4.78, 5) is 15.0. The Morgan fingerprint density at radius 3 is 1.93 bits per heavy atom. The maximum Gasteiger partial charge on any atom is 0.167 e. The highest BCUT2D eigenvalue weighted by molar-refractivity contribution is 7.25. The van der Waals surface area contributed by atoms with Gasteiger partial charge in [0.05, 0.1) is 5.56 Å². The van der Waals surface area contributed by atoms with Crippen LogP contribution in [0.3, 0.4) is 0 Å². The predicted molar refractivity (Wildman–Crippen MR) is 182 cm³/mol. The van der Waals surface area contributed by atoms with Crippen LogP contribution in [0, 0.1) is 0 Å². The van der Waals surface area contributed by atoms with E-state index in [2.05, 4.69) is 78.9 Å². The summed E-state index contributed by atoms with van der Waals surface area (Å²) in [6.07, 6.45) is 0. The number of rotatable bonds is 4. The van der Waals surface area contributed by atoms with Gasteiger partial charge in [0, 0.05) is 42.1 Å². The minimum Gasteiger partial charge on any atom is -0.455 e. The summed E-state index contributed by atoms with van der Waals surface area (Å²) >= 11 is 1.81. The zero-order chi connectivity index (χ0) is 29.0. The van der Waals surface area contributed by atoms with Gasteiger partial charge in [-0.25, -0.2) is 15.0 Å². The lowest BCUT2D eigenvalue weighted by Crippen LogP contribution is -2.00. The van der Waals surface area contributed by atoms with Gasteiger partial charge in [-0.15, -0.1) is 11.3 Å². The summed E-state index contributed by atoms with van der Waals surface area (Å²) < 4.78 is 8.86. The highest BCUT2D eigenvalue weighted by Crippen LogP contribution is 2.39. The molecule has 9 rings (SSSR count). The van der Waals surface area contributed by atoms with Crippen LogP contribution in [0.2, 0.25) is 0 Å². The third-order valence-electron chi connectivity index (χ3n) is 8.15. The van der Waals surface area contributed by atoms with Crippen molar-refractivity contribution in [3.63, 3.8) is 0 Å². The molecule has 0 aliphatic rings. The zero-order valence-corrected chi connectivity index (χ0v) is 24.3. The number of hydrogen-bond donors (Lipinski definition) is 0. The molecule has 3 heterocycles. The molecule has 44 heavy (non-hydrogen) atoms. The van der Waals surface area contributed by atoms with Gasteiger partial charge in [0.2, 0.25) is 0 Å². The summed E-state index contributed by atoms with van der Waals surface area (Å²) in [6.45, 7) is 0. The third-order valence-corrected chi connectivity index (χ3v) is 9.28. The van der Waals surface area contributed by atoms with Crippen LogP contribution >= 0.6 is 11.3 Å². The number of hydrogen-bond acceptors (Lipinski definition) is 5. The van der Waals surface area contributed by atoms with E-state index in [9.17, 15) is 0 Å². The van der Waals surface area contributed by atoms with Crippen molar-refractivity contribution in [3.8, 4) is 45.3 Å². The molecular formula is C39H23N3OS. The molecule has 0 bridgehead atoms. The van der Waals surface area contributed by atoms with Crippen LogP contribution in [0.15, 0.2) is 144 Å². The van der Waals surface area contributed by atoms with Crippen molar-refractivity contribution >= 4 is 53.4 Å². The van der Waals surface area contributed by atoms with E-state index < -0.39 is 0 Å². The topological polar surface area (TPSA) is 51.8 Å². The molecule has 0 saturated heterocycles. The lowest BCUT2D eigenvalue weighted by Gasteiger charge is -2.09. The Bertz CT molecular complexity index is 2500. The van der Waals surface area contributed by atoms with Crippen LogP contribution in [0.25, 0.3) is 87.4 Å². The number of nitrogens with zero attached hydrogens (tertiary/aromatic N) is 3. The van der Waals surface area contributed by atoms with Gasteiger partial charge in [0.15, 0.2) is 17.5 Å². The zero-order valence-electron chi connectivity index (χ0n) is 23.4. The van der Waals surface area contributed by atoms with E-state index in [0.29, 0.717) is 17.5 Å². The minimum absolute atomic E-state index is 0.585. The number of para-hydroxylation sites is 2. The number of thiophene rings is 1. The van der Waals surface area contributed by atoms with E-state index >= 15 is 0 Å². The molecule has 6 aromatic carbocycles. The van der Waals surface area contributed by atoms with E-state index in [0.717, 1.165) is 38.6 Å². The van der Waals surface area contributed by atoms with E-state index in [-0.39, 0.29) is 0 Å². The molecule has 0 spiro atoms. The van der Waals surface area contributed by atoms with Gasteiger partial charge in [-0.3, -0.25) is 0 Å². The standard InChI is InChI=1S/C39H23N3OS/c1-3-10-24(11-4-1)26-18-20-29-32-22-27(19-21-34(32)44-35(29)23-26)38-40-37(25-12-5-2-6-13-25)41-39(42-38)31-16-9-15-30-28-14-7-8-17-33(28)43-36(30)31/h1-23H. The van der Waals surface area contributed by atoms with Crippen LogP contribution in [0.5, 0.6) is 0 Å². The molecule has 5 heteroatoms. The molecule has 9 aromatic rings. The third kappa shape index (κ3) is 4.09. The molecule has 0 unspecified atom stereocenters. The van der Waals surface area contributed by atoms with Crippen LogP contribution in [0.4, 0.5) is 0 Å². The van der Waals surface area contributed by atoms with Crippen molar-refractivity contribution in [2.45, 2.75) is 0 Å². The fourth-order valence-electron chi connectivity index (χ4n) is 5.99. The Labute approximate surface area is 256 Å². The number of fused-ring (bicyclic) bond motifs is 6. The lowest BCUT2D eigenvalue weighted by atomic mass is 10.0. The summed E-state index contributed by atoms with van der Waals surface area (Å²) in [5.41, 5.74) is 6.79. The normalized spacial score (nSPS) is 11.6. The minimum atomic E-state index is 0.585. The predicted octanol–water partition coefficient (Wildman–Crippen LogP) is 10.8. The van der Waals surface area contributed by atoms with Gasteiger partial charge in [-0.05, 0) is 47.5 Å². The summed E-state index contributed by atoms with van der Waals surface area (Å²) in [7, 11) is 0. The fraction of sp³-hybridized carbons (Fsp3) is 0. The van der Waals surface area contributed by atoms with Crippen LogP contribution in [-0.4, -0.2) is 15.0 Å². The maximum absolute atomic E-state index is 6.37. The highest BCUT2D eigenvalue weighted by Gasteiger charge is 2.18. The Morgan fingerprint density at radius 1 is 0.409 bits per heavy atom. The second kappa shape index (κ2) is 9.97. The molecule has 0 amide bonds. The SMILES string of the molecule is c1ccc(-c2ccc3c(c2)sc2ccc(-c4nc(-c5ccccc5)nc(-c5cccc6c5oc5ccccc56)n4)cc23)cc1. The summed E-state index contributed by atoms with van der Waals surface area (Å²) in [5.74, 6) is 1.84. The summed E-state index contributed by atoms with van der Waals surface area (Å²) in [6, 6.07) is 48.1. The monoisotopic (exact) mass is 581 g/mol. The number of benzene rings is 6.